The van der Waals surface area contributed by atoms with Gasteiger partial charge in [-0.15, -0.1) is 0 Å². The molecule has 0 amide bonds. The molecule has 1 atom stereocenters. The van der Waals surface area contributed by atoms with Crippen LogP contribution in [-0.4, -0.2) is 0 Å². The van der Waals surface area contributed by atoms with Crippen LogP contribution in [0.15, 0.2) is 34.9 Å². The monoisotopic (exact) mass is 160 g/mol. The lowest BCUT2D eigenvalue weighted by Gasteiger charge is -2.28. The summed E-state index contributed by atoms with van der Waals surface area (Å²) in [6.45, 7) is 4.49. The van der Waals surface area contributed by atoms with Crippen LogP contribution in [0.4, 0.5) is 0 Å². The molecule has 0 N–H and O–H groups in total. The maximum Gasteiger partial charge on any atom is -0.0119 e. The summed E-state index contributed by atoms with van der Waals surface area (Å²) in [4.78, 5) is 0. The van der Waals surface area contributed by atoms with E-state index in [-0.39, 0.29) is 0 Å². The zero-order valence-corrected chi connectivity index (χ0v) is 7.93. The highest BCUT2D eigenvalue weighted by atomic mass is 14.3. The fourth-order valence-electron chi connectivity index (χ4n) is 2.44. The van der Waals surface area contributed by atoms with E-state index < -0.39 is 0 Å². The first kappa shape index (κ1) is 7.85. The van der Waals surface area contributed by atoms with Gasteiger partial charge in [-0.3, -0.25) is 0 Å². The summed E-state index contributed by atoms with van der Waals surface area (Å²) in [5.41, 5.74) is 4.64. The second-order valence-corrected chi connectivity index (χ2v) is 3.90. The predicted octanol–water partition coefficient (Wildman–Crippen LogP) is 3.62. The molecule has 0 fully saturated rings. The first-order chi connectivity index (χ1) is 5.79. The molecule has 0 aromatic carbocycles. The molecule has 0 saturated carbocycles. The Balaban J connectivity index is 2.44. The highest BCUT2D eigenvalue weighted by Crippen LogP contribution is 2.37. The van der Waals surface area contributed by atoms with Gasteiger partial charge >= 0.3 is 0 Å². The molecule has 0 bridgehead atoms. The summed E-state index contributed by atoms with van der Waals surface area (Å²) in [6.07, 6.45) is 10.9. The topological polar surface area (TPSA) is 0 Å². The van der Waals surface area contributed by atoms with Crippen LogP contribution >= 0.6 is 0 Å². The Kier molecular flexibility index (Phi) is 1.92. The Morgan fingerprint density at radius 3 is 2.92 bits per heavy atom. The third-order valence-corrected chi connectivity index (χ3v) is 3.01. The highest BCUT2D eigenvalue weighted by molar-refractivity contribution is 5.43. The fraction of sp³-hybridized carbons (Fsp3) is 0.500. The van der Waals surface area contributed by atoms with E-state index in [4.69, 9.17) is 0 Å². The van der Waals surface area contributed by atoms with E-state index in [9.17, 15) is 0 Å². The first-order valence-electron chi connectivity index (χ1n) is 4.83. The standard InChI is InChI=1S/C12H16/c1-9-5-3-7-11-8-4-6-10(2)12(9)11/h3,5-6,11H,4,7-8H2,1-2H3. The van der Waals surface area contributed by atoms with Gasteiger partial charge in [0.05, 0.1) is 0 Å². The van der Waals surface area contributed by atoms with Crippen molar-refractivity contribution in [1.82, 2.24) is 0 Å². The van der Waals surface area contributed by atoms with Gasteiger partial charge in [-0.1, -0.05) is 23.8 Å². The lowest BCUT2D eigenvalue weighted by molar-refractivity contribution is 0.551. The van der Waals surface area contributed by atoms with Gasteiger partial charge in [-0.2, -0.15) is 0 Å². The molecule has 0 aromatic heterocycles. The molecule has 0 saturated heterocycles. The molecule has 0 heterocycles. The third kappa shape index (κ3) is 1.16. The number of allylic oxidation sites excluding steroid dienone is 6. The van der Waals surface area contributed by atoms with E-state index in [1.807, 2.05) is 0 Å². The first-order valence-corrected chi connectivity index (χ1v) is 4.83. The molecule has 2 rings (SSSR count). The lowest BCUT2D eigenvalue weighted by Crippen LogP contribution is -2.12. The maximum atomic E-state index is 2.38. The minimum Gasteiger partial charge on any atom is -0.0837 e. The molecule has 0 spiro atoms. The van der Waals surface area contributed by atoms with Crippen LogP contribution in [0.25, 0.3) is 0 Å². The summed E-state index contributed by atoms with van der Waals surface area (Å²) in [5.74, 6) is 0.833. The van der Waals surface area contributed by atoms with Crippen molar-refractivity contribution < 1.29 is 0 Å². The van der Waals surface area contributed by atoms with Crippen LogP contribution in [0, 0.1) is 5.92 Å². The van der Waals surface area contributed by atoms with E-state index in [2.05, 4.69) is 32.1 Å². The van der Waals surface area contributed by atoms with Crippen molar-refractivity contribution in [3.8, 4) is 0 Å². The Labute approximate surface area is 74.7 Å². The molecule has 2 aliphatic rings. The zero-order valence-electron chi connectivity index (χ0n) is 7.93. The van der Waals surface area contributed by atoms with Crippen LogP contribution in [0.1, 0.15) is 33.1 Å². The second kappa shape index (κ2) is 2.93. The van der Waals surface area contributed by atoms with Crippen LogP contribution in [0.5, 0.6) is 0 Å². The van der Waals surface area contributed by atoms with Gasteiger partial charge in [-0.05, 0) is 50.2 Å². The molecule has 0 heteroatoms. The normalized spacial score (nSPS) is 28.5. The zero-order chi connectivity index (χ0) is 8.55. The number of hydrogen-bond acceptors (Lipinski definition) is 0. The predicted molar refractivity (Wildman–Crippen MR) is 52.9 cm³/mol. The van der Waals surface area contributed by atoms with Gasteiger partial charge in [0.25, 0.3) is 0 Å². The molecule has 0 radical (unpaired) electrons. The van der Waals surface area contributed by atoms with Crippen molar-refractivity contribution in [2.24, 2.45) is 5.92 Å². The van der Waals surface area contributed by atoms with Crippen LogP contribution < -0.4 is 0 Å². The van der Waals surface area contributed by atoms with Gasteiger partial charge in [0.15, 0.2) is 0 Å². The summed E-state index contributed by atoms with van der Waals surface area (Å²) >= 11 is 0. The van der Waals surface area contributed by atoms with Crippen molar-refractivity contribution >= 4 is 0 Å². The molecule has 0 aliphatic heterocycles. The third-order valence-electron chi connectivity index (χ3n) is 3.01. The SMILES string of the molecule is CC1=CCCC2CC=CC(C)=C12. The number of hydrogen-bond donors (Lipinski definition) is 0. The minimum atomic E-state index is 0.833. The van der Waals surface area contributed by atoms with E-state index in [0.717, 1.165) is 5.92 Å². The van der Waals surface area contributed by atoms with Gasteiger partial charge < -0.3 is 0 Å². The second-order valence-electron chi connectivity index (χ2n) is 3.90. The van der Waals surface area contributed by atoms with Gasteiger partial charge in [0.2, 0.25) is 0 Å². The maximum absolute atomic E-state index is 2.38. The molecule has 0 aromatic rings. The Bertz CT molecular complexity index is 276. The summed E-state index contributed by atoms with van der Waals surface area (Å²) < 4.78 is 0. The Morgan fingerprint density at radius 2 is 2.17 bits per heavy atom. The molecular formula is C12H16. The van der Waals surface area contributed by atoms with Crippen molar-refractivity contribution in [3.05, 3.63) is 34.9 Å². The summed E-state index contributed by atoms with van der Waals surface area (Å²) in [7, 11) is 0. The fourth-order valence-corrected chi connectivity index (χ4v) is 2.44. The van der Waals surface area contributed by atoms with E-state index >= 15 is 0 Å². The molecular weight excluding hydrogens is 144 g/mol. The minimum absolute atomic E-state index is 0.833. The molecule has 64 valence electrons. The average molecular weight is 160 g/mol. The van der Waals surface area contributed by atoms with Gasteiger partial charge in [0.1, 0.15) is 0 Å². The summed E-state index contributed by atoms with van der Waals surface area (Å²) in [6, 6.07) is 0. The van der Waals surface area contributed by atoms with E-state index in [0.29, 0.717) is 0 Å². The largest absolute Gasteiger partial charge is 0.0837 e. The van der Waals surface area contributed by atoms with Gasteiger partial charge in [-0.25, -0.2) is 0 Å². The highest BCUT2D eigenvalue weighted by Gasteiger charge is 2.21. The van der Waals surface area contributed by atoms with Crippen molar-refractivity contribution in [1.29, 1.82) is 0 Å². The molecule has 1 unspecified atom stereocenters. The van der Waals surface area contributed by atoms with Crippen LogP contribution in [-0.2, 0) is 0 Å². The smallest absolute Gasteiger partial charge is 0.0119 e. The van der Waals surface area contributed by atoms with Gasteiger partial charge in [0, 0.05) is 0 Å². The van der Waals surface area contributed by atoms with Crippen molar-refractivity contribution in [2.45, 2.75) is 33.1 Å². The average Bonchev–Trinajstić information content (AvgIpc) is 2.04. The Morgan fingerprint density at radius 1 is 1.33 bits per heavy atom. The van der Waals surface area contributed by atoms with E-state index in [1.54, 1.807) is 5.57 Å². The Hall–Kier alpha value is -0.780. The molecule has 2 aliphatic carbocycles. The summed E-state index contributed by atoms with van der Waals surface area (Å²) in [5, 5.41) is 0. The van der Waals surface area contributed by atoms with E-state index in [1.165, 1.54) is 30.4 Å². The number of fused-ring (bicyclic) bond motifs is 1. The quantitative estimate of drug-likeness (QED) is 0.507. The number of rotatable bonds is 0. The van der Waals surface area contributed by atoms with Crippen molar-refractivity contribution in [2.75, 3.05) is 0 Å². The molecule has 0 nitrogen and oxygen atoms in total. The van der Waals surface area contributed by atoms with Crippen LogP contribution in [0.2, 0.25) is 0 Å². The van der Waals surface area contributed by atoms with Crippen molar-refractivity contribution in [3.63, 3.8) is 0 Å². The van der Waals surface area contributed by atoms with Crippen LogP contribution in [0.3, 0.4) is 0 Å². The lowest BCUT2D eigenvalue weighted by atomic mass is 9.77. The molecule has 12 heavy (non-hydrogen) atoms.